The van der Waals surface area contributed by atoms with Gasteiger partial charge in [-0.2, -0.15) is 18.3 Å². The Kier molecular flexibility index (Phi) is 6.35. The summed E-state index contributed by atoms with van der Waals surface area (Å²) >= 11 is 0. The molecule has 1 aliphatic carbocycles. The lowest BCUT2D eigenvalue weighted by Crippen LogP contribution is -2.42. The van der Waals surface area contributed by atoms with Crippen LogP contribution in [0.4, 0.5) is 13.2 Å². The van der Waals surface area contributed by atoms with Gasteiger partial charge in [-0.1, -0.05) is 25.7 Å². The van der Waals surface area contributed by atoms with E-state index in [1.807, 2.05) is 5.32 Å². The molecule has 180 valence electrons. The van der Waals surface area contributed by atoms with Crippen LogP contribution in [0.15, 0.2) is 18.5 Å². The molecule has 3 heterocycles. The molecule has 3 atom stereocenters. The molecule has 1 saturated heterocycles. The van der Waals surface area contributed by atoms with Crippen molar-refractivity contribution >= 4 is 17.5 Å². The number of amides is 1. The summed E-state index contributed by atoms with van der Waals surface area (Å²) in [6, 6.07) is -0.728. The molecule has 2 aromatic heterocycles. The summed E-state index contributed by atoms with van der Waals surface area (Å²) in [6.07, 6.45) is 4.30. The number of carbonyl (C=O) groups excluding carboxylic acids is 2. The zero-order chi connectivity index (χ0) is 23.8. The van der Waals surface area contributed by atoms with Crippen molar-refractivity contribution in [3.63, 3.8) is 0 Å². The number of hydrogen-bond donors (Lipinski definition) is 2. The van der Waals surface area contributed by atoms with E-state index in [9.17, 15) is 22.8 Å². The van der Waals surface area contributed by atoms with Gasteiger partial charge in [-0.25, -0.2) is 9.50 Å². The van der Waals surface area contributed by atoms with Gasteiger partial charge in [-0.3, -0.25) is 9.59 Å². The summed E-state index contributed by atoms with van der Waals surface area (Å²) in [7, 11) is 1.05. The highest BCUT2D eigenvalue weighted by Crippen LogP contribution is 2.41. The quantitative estimate of drug-likeness (QED) is 0.397. The number of halogens is 3. The van der Waals surface area contributed by atoms with E-state index in [1.54, 1.807) is 16.8 Å². The number of hydrogen-bond acceptors (Lipinski definition) is 6. The van der Waals surface area contributed by atoms with Gasteiger partial charge in [0.2, 0.25) is 5.91 Å². The average Bonchev–Trinajstić information content (AvgIpc) is 3.22. The lowest BCUT2D eigenvalue weighted by Gasteiger charge is -2.23. The normalized spacial score (nSPS) is 25.6. The molecule has 4 rings (SSSR count). The zero-order valence-electron chi connectivity index (χ0n) is 18.4. The van der Waals surface area contributed by atoms with Crippen molar-refractivity contribution in [2.75, 3.05) is 7.11 Å². The van der Waals surface area contributed by atoms with Crippen molar-refractivity contribution in [3.8, 4) is 0 Å². The number of rotatable bonds is 5. The Morgan fingerprint density at radius 3 is 2.64 bits per heavy atom. The van der Waals surface area contributed by atoms with Gasteiger partial charge in [0.1, 0.15) is 6.04 Å². The molecule has 11 heteroatoms. The van der Waals surface area contributed by atoms with Crippen LogP contribution in [-0.4, -0.2) is 45.8 Å². The molecule has 2 fully saturated rings. The third-order valence-corrected chi connectivity index (χ3v) is 6.91. The maximum Gasteiger partial charge on any atom is 0.408 e. The molecule has 1 aliphatic heterocycles. The van der Waals surface area contributed by atoms with E-state index < -0.39 is 35.9 Å². The third kappa shape index (κ3) is 4.55. The minimum atomic E-state index is -4.67. The Morgan fingerprint density at radius 1 is 1.33 bits per heavy atom. The Balaban J connectivity index is 1.60. The van der Waals surface area contributed by atoms with Crippen LogP contribution in [0.2, 0.25) is 0 Å². The number of nitrogens with one attached hydrogen (secondary N) is 1. The zero-order valence-corrected chi connectivity index (χ0v) is 18.4. The van der Waals surface area contributed by atoms with Crippen molar-refractivity contribution < 1.29 is 27.5 Å². The molecule has 0 radical (unpaired) electrons. The van der Waals surface area contributed by atoms with E-state index in [-0.39, 0.29) is 12.5 Å². The predicted octanol–water partition coefficient (Wildman–Crippen LogP) is 2.85. The number of alkyl halides is 3. The molecule has 3 N–H and O–H groups in total. The minimum absolute atomic E-state index is 0.234. The highest BCUT2D eigenvalue weighted by Gasteiger charge is 2.60. The molecule has 8 nitrogen and oxygen atoms in total. The van der Waals surface area contributed by atoms with Crippen molar-refractivity contribution in [1.29, 1.82) is 0 Å². The van der Waals surface area contributed by atoms with E-state index in [0.717, 1.165) is 32.8 Å². The average molecular weight is 467 g/mol. The van der Waals surface area contributed by atoms with Crippen molar-refractivity contribution in [3.05, 3.63) is 29.7 Å². The first-order chi connectivity index (χ1) is 15.6. The lowest BCUT2D eigenvalue weighted by atomic mass is 9.79. The summed E-state index contributed by atoms with van der Waals surface area (Å²) in [6.45, 7) is 0. The Morgan fingerprint density at radius 2 is 2.03 bits per heavy atom. The van der Waals surface area contributed by atoms with Gasteiger partial charge in [0.15, 0.2) is 11.1 Å². The Bertz CT molecular complexity index is 1030. The van der Waals surface area contributed by atoms with Gasteiger partial charge in [-0.15, -0.1) is 0 Å². The summed E-state index contributed by atoms with van der Waals surface area (Å²) in [5.74, 6) is -1.68. The van der Waals surface area contributed by atoms with Crippen LogP contribution < -0.4 is 11.1 Å². The van der Waals surface area contributed by atoms with Crippen LogP contribution >= 0.6 is 0 Å². The summed E-state index contributed by atoms with van der Waals surface area (Å²) in [5.41, 5.74) is 6.08. The monoisotopic (exact) mass is 467 g/mol. The third-order valence-electron chi connectivity index (χ3n) is 6.91. The van der Waals surface area contributed by atoms with E-state index in [0.29, 0.717) is 22.8 Å². The van der Waals surface area contributed by atoms with Crippen LogP contribution in [0.5, 0.6) is 0 Å². The second kappa shape index (κ2) is 8.92. The number of methoxy groups -OCH3 is 1. The van der Waals surface area contributed by atoms with Crippen LogP contribution in [0, 0.1) is 11.3 Å². The molecule has 2 aromatic rings. The van der Waals surface area contributed by atoms with Gasteiger partial charge < -0.3 is 15.8 Å². The number of nitrogens with zero attached hydrogens (tertiary/aromatic N) is 3. The molecule has 1 saturated carbocycles. The van der Waals surface area contributed by atoms with Crippen LogP contribution in [0.25, 0.3) is 5.65 Å². The minimum Gasteiger partial charge on any atom is -0.468 e. The van der Waals surface area contributed by atoms with E-state index in [2.05, 4.69) is 10.1 Å². The Hall–Kier alpha value is -2.69. The summed E-state index contributed by atoms with van der Waals surface area (Å²) in [5, 5.41) is 6.19. The molecule has 0 bridgehead atoms. The topological polar surface area (TPSA) is 112 Å². The smallest absolute Gasteiger partial charge is 0.408 e. The number of esters is 1. The fourth-order valence-corrected chi connectivity index (χ4v) is 5.03. The summed E-state index contributed by atoms with van der Waals surface area (Å²) < 4.78 is 46.0. The SMILES string of the molecule is COC(=O)C1(Cc2cnn3cc([C@@H](N)C4CCCCCC4)nc3c2)C[C@@H](C(F)(F)F)NC1=O. The maximum atomic E-state index is 13.2. The first-order valence-electron chi connectivity index (χ1n) is 11.2. The largest absolute Gasteiger partial charge is 0.468 e. The second-order valence-corrected chi connectivity index (χ2v) is 9.13. The second-order valence-electron chi connectivity index (χ2n) is 9.13. The van der Waals surface area contributed by atoms with E-state index in [4.69, 9.17) is 10.5 Å². The molecule has 1 unspecified atom stereocenters. The van der Waals surface area contributed by atoms with Gasteiger partial charge >= 0.3 is 12.1 Å². The number of ether oxygens (including phenoxy) is 1. The number of imidazole rings is 1. The van der Waals surface area contributed by atoms with Crippen molar-refractivity contribution in [2.45, 2.75) is 69.6 Å². The molecular formula is C22H28F3N5O3. The molecule has 1 amide bonds. The fraction of sp³-hybridized carbons (Fsp3) is 0.636. The van der Waals surface area contributed by atoms with E-state index >= 15 is 0 Å². The summed E-state index contributed by atoms with van der Waals surface area (Å²) in [4.78, 5) is 29.6. The first kappa shape index (κ1) is 23.5. The molecule has 33 heavy (non-hydrogen) atoms. The van der Waals surface area contributed by atoms with Crippen LogP contribution in [0.3, 0.4) is 0 Å². The van der Waals surface area contributed by atoms with Crippen LogP contribution in [0.1, 0.15) is 62.2 Å². The van der Waals surface area contributed by atoms with E-state index in [1.165, 1.54) is 19.0 Å². The molecule has 2 aliphatic rings. The van der Waals surface area contributed by atoms with Gasteiger partial charge in [0.25, 0.3) is 0 Å². The highest BCUT2D eigenvalue weighted by molar-refractivity contribution is 6.04. The van der Waals surface area contributed by atoms with Gasteiger partial charge in [0.05, 0.1) is 31.2 Å². The number of aromatic nitrogens is 3. The van der Waals surface area contributed by atoms with Gasteiger partial charge in [-0.05, 0) is 36.8 Å². The standard InChI is InChI=1S/C22H28F3N5O3/c1-33-20(32)21(10-16(22(23,24)25)29-19(21)31)9-13-8-17-28-15(12-30(17)27-11-13)18(26)14-6-4-2-3-5-7-14/h8,11-12,14,16,18H,2-7,9-10,26H2,1H3,(H,29,31)/t16-,18-,21?/m0/s1. The first-order valence-corrected chi connectivity index (χ1v) is 11.2. The number of carbonyl (C=O) groups is 2. The van der Waals surface area contributed by atoms with Crippen molar-refractivity contribution in [2.24, 2.45) is 17.1 Å². The van der Waals surface area contributed by atoms with Crippen molar-refractivity contribution in [1.82, 2.24) is 19.9 Å². The highest BCUT2D eigenvalue weighted by atomic mass is 19.4. The van der Waals surface area contributed by atoms with Crippen LogP contribution in [-0.2, 0) is 20.7 Å². The molecule has 0 spiro atoms. The predicted molar refractivity (Wildman–Crippen MR) is 112 cm³/mol. The lowest BCUT2D eigenvalue weighted by molar-refractivity contribution is -0.159. The molecule has 0 aromatic carbocycles. The Labute approximate surface area is 189 Å². The number of fused-ring (bicyclic) bond motifs is 1. The number of nitrogens with two attached hydrogens (primary N) is 1. The molecular weight excluding hydrogens is 439 g/mol. The fourth-order valence-electron chi connectivity index (χ4n) is 5.03. The maximum absolute atomic E-state index is 13.2. The van der Waals surface area contributed by atoms with Gasteiger partial charge in [0, 0.05) is 6.42 Å².